The average molecular weight is 393 g/mol. The quantitative estimate of drug-likeness (QED) is 0.819. The van der Waals surface area contributed by atoms with Crippen molar-refractivity contribution in [2.24, 2.45) is 0 Å². The van der Waals surface area contributed by atoms with Gasteiger partial charge in [0.05, 0.1) is 12.2 Å². The number of nitrogens with zero attached hydrogens (tertiary/aromatic N) is 2. The van der Waals surface area contributed by atoms with E-state index in [1.807, 2.05) is 31.2 Å². The molecular weight excluding hydrogens is 366 g/mol. The van der Waals surface area contributed by atoms with Crippen LogP contribution in [0, 0.1) is 13.8 Å². The zero-order valence-electron chi connectivity index (χ0n) is 17.2. The van der Waals surface area contributed by atoms with Gasteiger partial charge in [0.15, 0.2) is 0 Å². The first-order valence-electron chi connectivity index (χ1n) is 10.0. The summed E-state index contributed by atoms with van der Waals surface area (Å²) in [4.78, 5) is 30.9. The van der Waals surface area contributed by atoms with Gasteiger partial charge >= 0.3 is 0 Å². The van der Waals surface area contributed by atoms with Gasteiger partial charge in [-0.3, -0.25) is 9.59 Å². The van der Waals surface area contributed by atoms with Crippen molar-refractivity contribution in [2.75, 3.05) is 13.1 Å². The average Bonchev–Trinajstić information content (AvgIpc) is 3.43. The van der Waals surface area contributed by atoms with Crippen LogP contribution in [0.5, 0.6) is 0 Å². The molecule has 0 unspecified atom stereocenters. The van der Waals surface area contributed by atoms with Crippen LogP contribution in [0.1, 0.15) is 47.1 Å². The Morgan fingerprint density at radius 2 is 1.86 bits per heavy atom. The fourth-order valence-electron chi connectivity index (χ4n) is 4.29. The molecule has 0 spiro atoms. The second-order valence-electron chi connectivity index (χ2n) is 8.36. The first-order valence-corrected chi connectivity index (χ1v) is 10.0. The van der Waals surface area contributed by atoms with E-state index in [0.29, 0.717) is 25.4 Å². The summed E-state index contributed by atoms with van der Waals surface area (Å²) in [5.41, 5.74) is 2.60. The first kappa shape index (κ1) is 19.6. The van der Waals surface area contributed by atoms with Crippen LogP contribution in [0.15, 0.2) is 42.5 Å². The van der Waals surface area contributed by atoms with Crippen molar-refractivity contribution in [3.8, 4) is 0 Å². The highest BCUT2D eigenvalue weighted by atomic mass is 16.5. The zero-order valence-corrected chi connectivity index (χ0v) is 17.2. The number of carbonyl (C=O) groups is 2. The minimum Gasteiger partial charge on any atom is -0.368 e. The molecule has 2 fully saturated rings. The van der Waals surface area contributed by atoms with Crippen molar-refractivity contribution in [2.45, 2.75) is 51.4 Å². The van der Waals surface area contributed by atoms with Crippen LogP contribution >= 0.6 is 0 Å². The van der Waals surface area contributed by atoms with Gasteiger partial charge in [0.25, 0.3) is 5.91 Å². The number of rotatable bonds is 6. The lowest BCUT2D eigenvalue weighted by molar-refractivity contribution is -0.135. The molecule has 2 heterocycles. The van der Waals surface area contributed by atoms with E-state index >= 15 is 0 Å². The van der Waals surface area contributed by atoms with Crippen LogP contribution < -0.4 is 5.32 Å². The number of hydrogen-bond acceptors (Lipinski definition) is 4. The van der Waals surface area contributed by atoms with Gasteiger partial charge in [-0.05, 0) is 44.4 Å². The topological polar surface area (TPSA) is 71.5 Å². The first-order chi connectivity index (χ1) is 13.8. The summed E-state index contributed by atoms with van der Waals surface area (Å²) in [6.07, 6.45) is 1.76. The maximum atomic E-state index is 12.8. The summed E-state index contributed by atoms with van der Waals surface area (Å²) >= 11 is 0. The highest BCUT2D eigenvalue weighted by Crippen LogP contribution is 2.52. The maximum absolute atomic E-state index is 12.8. The summed E-state index contributed by atoms with van der Waals surface area (Å²) in [7, 11) is 0. The van der Waals surface area contributed by atoms with Gasteiger partial charge in [-0.1, -0.05) is 35.9 Å². The molecule has 4 rings (SSSR count). The van der Waals surface area contributed by atoms with Gasteiger partial charge in [0, 0.05) is 25.7 Å². The van der Waals surface area contributed by atoms with Crippen LogP contribution in [0.3, 0.4) is 0 Å². The van der Waals surface area contributed by atoms with E-state index < -0.39 is 11.1 Å². The fourth-order valence-corrected chi connectivity index (χ4v) is 4.29. The predicted molar refractivity (Wildman–Crippen MR) is 109 cm³/mol. The Hall–Kier alpha value is -2.73. The van der Waals surface area contributed by atoms with Gasteiger partial charge < -0.3 is 15.0 Å². The molecule has 0 atom stereocenters. The largest absolute Gasteiger partial charge is 0.368 e. The van der Waals surface area contributed by atoms with Crippen molar-refractivity contribution in [3.63, 3.8) is 0 Å². The molecule has 1 aliphatic carbocycles. The van der Waals surface area contributed by atoms with Crippen LogP contribution in [-0.2, 0) is 16.1 Å². The number of aromatic nitrogens is 1. The van der Waals surface area contributed by atoms with Crippen molar-refractivity contribution >= 4 is 11.8 Å². The lowest BCUT2D eigenvalue weighted by Crippen LogP contribution is -2.77. The molecule has 6 nitrogen and oxygen atoms in total. The Kier molecular flexibility index (Phi) is 4.90. The second kappa shape index (κ2) is 7.26. The molecule has 6 heteroatoms. The van der Waals surface area contributed by atoms with Crippen LogP contribution in [0.4, 0.5) is 0 Å². The zero-order chi connectivity index (χ0) is 20.6. The smallest absolute Gasteiger partial charge is 0.272 e. The van der Waals surface area contributed by atoms with Crippen molar-refractivity contribution in [1.29, 1.82) is 0 Å². The molecule has 0 radical (unpaired) electrons. The summed E-state index contributed by atoms with van der Waals surface area (Å²) in [6.45, 7) is 6.82. The van der Waals surface area contributed by atoms with Crippen LogP contribution in [0.25, 0.3) is 0 Å². The van der Waals surface area contributed by atoms with Gasteiger partial charge in [0.2, 0.25) is 5.91 Å². The molecule has 1 aromatic heterocycles. The van der Waals surface area contributed by atoms with E-state index in [4.69, 9.17) is 4.74 Å². The number of likely N-dealkylation sites (tertiary alicyclic amines) is 1. The molecule has 2 aliphatic rings. The Balaban J connectivity index is 1.48. The summed E-state index contributed by atoms with van der Waals surface area (Å²) in [6, 6.07) is 13.7. The molecule has 1 N–H and O–H groups in total. The van der Waals surface area contributed by atoms with E-state index in [9.17, 15) is 9.59 Å². The number of nitrogens with one attached hydrogen (secondary N) is 1. The van der Waals surface area contributed by atoms with E-state index in [0.717, 1.165) is 24.1 Å². The SMILES string of the molecule is CC(=O)NC1(C2(OCc3cccc(C)c3)CC2)CN(C(=O)c2cccc(C)n2)C1. The molecule has 2 amide bonds. The Morgan fingerprint density at radius 3 is 2.48 bits per heavy atom. The summed E-state index contributed by atoms with van der Waals surface area (Å²) < 4.78 is 6.37. The molecule has 1 saturated carbocycles. The van der Waals surface area contributed by atoms with E-state index in [1.54, 1.807) is 11.0 Å². The minimum absolute atomic E-state index is 0.101. The van der Waals surface area contributed by atoms with E-state index in [2.05, 4.69) is 29.4 Å². The lowest BCUT2D eigenvalue weighted by Gasteiger charge is -2.54. The van der Waals surface area contributed by atoms with Gasteiger partial charge in [-0.15, -0.1) is 0 Å². The van der Waals surface area contributed by atoms with Gasteiger partial charge in [-0.25, -0.2) is 4.98 Å². The number of carbonyl (C=O) groups excluding carboxylic acids is 2. The monoisotopic (exact) mass is 393 g/mol. The standard InChI is InChI=1S/C23H27N3O3/c1-16-6-4-8-19(12-16)13-29-23(10-11-23)22(25-18(3)27)14-26(15-22)21(28)20-9-5-7-17(2)24-20/h4-9,12H,10-11,13-15H2,1-3H3,(H,25,27). The number of hydrogen-bond donors (Lipinski definition) is 1. The Bertz CT molecular complexity index is 946. The normalized spacial score (nSPS) is 18.7. The number of aryl methyl sites for hydroxylation is 2. The number of benzene rings is 1. The third kappa shape index (κ3) is 3.77. The molecule has 0 bridgehead atoms. The summed E-state index contributed by atoms with van der Waals surface area (Å²) in [5, 5.41) is 3.11. The highest BCUT2D eigenvalue weighted by Gasteiger charge is 2.67. The Labute approximate surface area is 171 Å². The Morgan fingerprint density at radius 1 is 1.14 bits per heavy atom. The second-order valence-corrected chi connectivity index (χ2v) is 8.36. The van der Waals surface area contributed by atoms with Crippen molar-refractivity contribution in [1.82, 2.24) is 15.2 Å². The van der Waals surface area contributed by atoms with Crippen LogP contribution in [0.2, 0.25) is 0 Å². The van der Waals surface area contributed by atoms with Gasteiger partial charge in [0.1, 0.15) is 11.2 Å². The molecule has 1 aromatic carbocycles. The van der Waals surface area contributed by atoms with Gasteiger partial charge in [-0.2, -0.15) is 0 Å². The molecule has 29 heavy (non-hydrogen) atoms. The van der Waals surface area contributed by atoms with E-state index in [-0.39, 0.29) is 11.8 Å². The highest BCUT2D eigenvalue weighted by molar-refractivity contribution is 5.93. The third-order valence-corrected chi connectivity index (χ3v) is 5.91. The molecular formula is C23H27N3O3. The predicted octanol–water partition coefficient (Wildman–Crippen LogP) is 2.78. The number of amides is 2. The molecule has 152 valence electrons. The van der Waals surface area contributed by atoms with Crippen molar-refractivity contribution < 1.29 is 14.3 Å². The van der Waals surface area contributed by atoms with Crippen LogP contribution in [-0.4, -0.2) is 45.9 Å². The molecule has 2 aromatic rings. The maximum Gasteiger partial charge on any atom is 0.272 e. The van der Waals surface area contributed by atoms with Crippen molar-refractivity contribution in [3.05, 3.63) is 65.0 Å². The number of pyridine rings is 1. The van der Waals surface area contributed by atoms with E-state index in [1.165, 1.54) is 12.5 Å². The summed E-state index contributed by atoms with van der Waals surface area (Å²) in [5.74, 6) is -0.208. The fraction of sp³-hybridized carbons (Fsp3) is 0.435. The number of ether oxygens (including phenoxy) is 1. The molecule has 1 aliphatic heterocycles. The lowest BCUT2D eigenvalue weighted by atomic mass is 9.81. The molecule has 1 saturated heterocycles. The third-order valence-electron chi connectivity index (χ3n) is 5.91. The minimum atomic E-state index is -0.540.